The molecule has 0 unspecified atom stereocenters. The van der Waals surface area contributed by atoms with Crippen LogP contribution >= 0.6 is 23.7 Å². The summed E-state index contributed by atoms with van der Waals surface area (Å²) in [6.07, 6.45) is 0. The van der Waals surface area contributed by atoms with E-state index >= 15 is 0 Å². The highest BCUT2D eigenvalue weighted by Gasteiger charge is 2.23. The molecule has 33 heavy (non-hydrogen) atoms. The van der Waals surface area contributed by atoms with Gasteiger partial charge in [-0.2, -0.15) is 0 Å². The van der Waals surface area contributed by atoms with Crippen LogP contribution in [0.1, 0.15) is 6.92 Å². The summed E-state index contributed by atoms with van der Waals surface area (Å²) in [6, 6.07) is 12.0. The van der Waals surface area contributed by atoms with Crippen molar-refractivity contribution in [3.05, 3.63) is 48.3 Å². The van der Waals surface area contributed by atoms with Gasteiger partial charge in [-0.05, 0) is 43.3 Å². The molecule has 178 valence electrons. The molecule has 1 amide bonds. The van der Waals surface area contributed by atoms with Gasteiger partial charge in [0.1, 0.15) is 22.8 Å². The number of aromatic nitrogens is 1. The molecule has 10 heteroatoms. The maximum absolute atomic E-state index is 14.2. The number of amides is 1. The summed E-state index contributed by atoms with van der Waals surface area (Å²) >= 11 is 1.30. The van der Waals surface area contributed by atoms with E-state index in [1.54, 1.807) is 41.3 Å². The molecule has 7 nitrogen and oxygen atoms in total. The Morgan fingerprint density at radius 1 is 1.15 bits per heavy atom. The van der Waals surface area contributed by atoms with Gasteiger partial charge in [0, 0.05) is 26.2 Å². The van der Waals surface area contributed by atoms with Crippen LogP contribution < -0.4 is 14.4 Å². The molecular weight excluding hydrogens is 469 g/mol. The van der Waals surface area contributed by atoms with Crippen LogP contribution in [0.4, 0.5) is 9.52 Å². The number of thiazole rings is 1. The Kier molecular flexibility index (Phi) is 9.25. The normalized spacial score (nSPS) is 14.0. The van der Waals surface area contributed by atoms with Gasteiger partial charge in [0.25, 0.3) is 5.91 Å². The Hall–Kier alpha value is -2.46. The van der Waals surface area contributed by atoms with Crippen molar-refractivity contribution in [1.29, 1.82) is 0 Å². The maximum atomic E-state index is 14.2. The molecule has 2 aromatic carbocycles. The van der Waals surface area contributed by atoms with E-state index in [0.717, 1.165) is 18.8 Å². The third-order valence-corrected chi connectivity index (χ3v) is 6.17. The SMILES string of the molecule is CCOc1ccc(OCC(=O)N(CCN2CCOCC2)c2nc3c(F)cccc3s2)cc1.Cl. The number of halogens is 2. The molecule has 2 heterocycles. The number of morpholine rings is 1. The summed E-state index contributed by atoms with van der Waals surface area (Å²) in [6.45, 7) is 6.47. The molecule has 0 saturated carbocycles. The van der Waals surface area contributed by atoms with Crippen molar-refractivity contribution in [3.8, 4) is 11.5 Å². The third kappa shape index (κ3) is 6.54. The number of nitrogens with zero attached hydrogens (tertiary/aromatic N) is 3. The topological polar surface area (TPSA) is 64.1 Å². The van der Waals surface area contributed by atoms with E-state index in [1.165, 1.54) is 17.4 Å². The fourth-order valence-electron chi connectivity index (χ4n) is 3.43. The van der Waals surface area contributed by atoms with E-state index in [1.807, 2.05) is 6.92 Å². The summed E-state index contributed by atoms with van der Waals surface area (Å²) in [5, 5.41) is 0.471. The maximum Gasteiger partial charge on any atom is 0.266 e. The van der Waals surface area contributed by atoms with Crippen LogP contribution in [0.5, 0.6) is 11.5 Å². The Morgan fingerprint density at radius 3 is 2.52 bits per heavy atom. The molecule has 1 aromatic heterocycles. The number of fused-ring (bicyclic) bond motifs is 1. The molecule has 1 saturated heterocycles. The van der Waals surface area contributed by atoms with Gasteiger partial charge in [-0.15, -0.1) is 12.4 Å². The van der Waals surface area contributed by atoms with Gasteiger partial charge in [0.05, 0.1) is 24.5 Å². The number of benzene rings is 2. The van der Waals surface area contributed by atoms with Crippen LogP contribution in [0.2, 0.25) is 0 Å². The Morgan fingerprint density at radius 2 is 1.85 bits per heavy atom. The molecule has 0 bridgehead atoms. The van der Waals surface area contributed by atoms with E-state index in [0.29, 0.717) is 48.5 Å². The van der Waals surface area contributed by atoms with Gasteiger partial charge in [0.15, 0.2) is 11.7 Å². The number of anilines is 1. The number of hydrogen-bond acceptors (Lipinski definition) is 7. The fraction of sp³-hybridized carbons (Fsp3) is 0.391. The van der Waals surface area contributed by atoms with E-state index < -0.39 is 5.82 Å². The third-order valence-electron chi connectivity index (χ3n) is 5.13. The van der Waals surface area contributed by atoms with Gasteiger partial charge in [-0.25, -0.2) is 9.37 Å². The van der Waals surface area contributed by atoms with Gasteiger partial charge in [-0.3, -0.25) is 14.6 Å². The quantitative estimate of drug-likeness (QED) is 0.447. The molecule has 1 aliphatic rings. The van der Waals surface area contributed by atoms with E-state index in [9.17, 15) is 9.18 Å². The lowest BCUT2D eigenvalue weighted by Crippen LogP contribution is -2.44. The number of para-hydroxylation sites is 1. The largest absolute Gasteiger partial charge is 0.494 e. The molecule has 1 fully saturated rings. The van der Waals surface area contributed by atoms with Crippen molar-refractivity contribution >= 4 is 45.0 Å². The minimum Gasteiger partial charge on any atom is -0.494 e. The van der Waals surface area contributed by atoms with E-state index in [2.05, 4.69) is 9.88 Å². The summed E-state index contributed by atoms with van der Waals surface area (Å²) in [5.74, 6) is 0.697. The lowest BCUT2D eigenvalue weighted by molar-refractivity contribution is -0.120. The van der Waals surface area contributed by atoms with Gasteiger partial charge in [0.2, 0.25) is 0 Å². The molecule has 0 aliphatic carbocycles. The number of rotatable bonds is 9. The van der Waals surface area contributed by atoms with Crippen molar-refractivity contribution in [2.24, 2.45) is 0 Å². The molecule has 0 atom stereocenters. The Balaban J connectivity index is 0.00000306. The smallest absolute Gasteiger partial charge is 0.266 e. The lowest BCUT2D eigenvalue weighted by Gasteiger charge is -2.29. The Labute approximate surface area is 202 Å². The minimum atomic E-state index is -0.392. The minimum absolute atomic E-state index is 0. The van der Waals surface area contributed by atoms with Crippen molar-refractivity contribution in [3.63, 3.8) is 0 Å². The van der Waals surface area contributed by atoms with Crippen LogP contribution in [0.3, 0.4) is 0 Å². The summed E-state index contributed by atoms with van der Waals surface area (Å²) in [5.41, 5.74) is 0.282. The Bertz CT molecular complexity index is 1040. The predicted molar refractivity (Wildman–Crippen MR) is 130 cm³/mol. The zero-order chi connectivity index (χ0) is 22.3. The second kappa shape index (κ2) is 12.1. The van der Waals surface area contributed by atoms with Crippen molar-refractivity contribution in [1.82, 2.24) is 9.88 Å². The van der Waals surface area contributed by atoms with Crippen molar-refractivity contribution < 1.29 is 23.4 Å². The highest BCUT2D eigenvalue weighted by atomic mass is 35.5. The van der Waals surface area contributed by atoms with E-state index in [-0.39, 0.29) is 30.4 Å². The van der Waals surface area contributed by atoms with Gasteiger partial charge < -0.3 is 14.2 Å². The highest BCUT2D eigenvalue weighted by molar-refractivity contribution is 7.22. The van der Waals surface area contributed by atoms with Crippen LogP contribution in [-0.2, 0) is 9.53 Å². The fourth-order valence-corrected chi connectivity index (χ4v) is 4.46. The van der Waals surface area contributed by atoms with Gasteiger partial charge in [-0.1, -0.05) is 17.4 Å². The number of ether oxygens (including phenoxy) is 3. The second-order valence-corrected chi connectivity index (χ2v) is 8.28. The molecule has 3 aromatic rings. The van der Waals surface area contributed by atoms with Crippen LogP contribution in [0.25, 0.3) is 10.2 Å². The first-order valence-electron chi connectivity index (χ1n) is 10.6. The van der Waals surface area contributed by atoms with Crippen LogP contribution in [0.15, 0.2) is 42.5 Å². The van der Waals surface area contributed by atoms with Crippen LogP contribution in [-0.4, -0.2) is 68.4 Å². The molecule has 1 aliphatic heterocycles. The predicted octanol–water partition coefficient (Wildman–Crippen LogP) is 4.00. The van der Waals surface area contributed by atoms with E-state index in [4.69, 9.17) is 14.2 Å². The molecule has 4 rings (SSSR count). The summed E-state index contributed by atoms with van der Waals surface area (Å²) < 4.78 is 31.4. The summed E-state index contributed by atoms with van der Waals surface area (Å²) in [7, 11) is 0. The molecular formula is C23H27ClFN3O4S. The number of carbonyl (C=O) groups is 1. The standard InChI is InChI=1S/C23H26FN3O4S.ClH/c1-2-30-17-6-8-18(9-7-17)31-16-21(28)27(11-10-26-12-14-29-15-13-26)23-25-22-19(24)4-3-5-20(22)32-23;/h3-9H,2,10-16H2,1H3;1H. The first kappa shape index (κ1) is 25.2. The number of hydrogen-bond donors (Lipinski definition) is 0. The monoisotopic (exact) mass is 495 g/mol. The van der Waals surface area contributed by atoms with Crippen molar-refractivity contribution in [2.45, 2.75) is 6.92 Å². The lowest BCUT2D eigenvalue weighted by atomic mass is 10.3. The average molecular weight is 496 g/mol. The van der Waals surface area contributed by atoms with Crippen molar-refractivity contribution in [2.75, 3.05) is 57.5 Å². The molecule has 0 spiro atoms. The zero-order valence-electron chi connectivity index (χ0n) is 18.4. The average Bonchev–Trinajstić information content (AvgIpc) is 3.25. The zero-order valence-corrected chi connectivity index (χ0v) is 20.0. The first-order valence-corrected chi connectivity index (χ1v) is 11.5. The molecule has 0 radical (unpaired) electrons. The second-order valence-electron chi connectivity index (χ2n) is 7.28. The van der Waals surface area contributed by atoms with Gasteiger partial charge >= 0.3 is 0 Å². The first-order chi connectivity index (χ1) is 15.6. The summed E-state index contributed by atoms with van der Waals surface area (Å²) in [4.78, 5) is 21.4. The number of carbonyl (C=O) groups excluding carboxylic acids is 1. The highest BCUT2D eigenvalue weighted by Crippen LogP contribution is 2.30. The van der Waals surface area contributed by atoms with Crippen LogP contribution in [0, 0.1) is 5.82 Å². The molecule has 0 N–H and O–H groups in total.